The summed E-state index contributed by atoms with van der Waals surface area (Å²) in [6.07, 6.45) is 1.07. The zero-order valence-electron chi connectivity index (χ0n) is 9.97. The van der Waals surface area contributed by atoms with Gasteiger partial charge < -0.3 is 9.47 Å². The van der Waals surface area contributed by atoms with E-state index in [2.05, 4.69) is 0 Å². The lowest BCUT2D eigenvalue weighted by Crippen LogP contribution is -2.16. The topological polar surface area (TPSA) is 78.6 Å². The fourth-order valence-electron chi connectivity index (χ4n) is 1.52. The quantitative estimate of drug-likeness (QED) is 0.824. The number of benzene rings is 1. The Kier molecular flexibility index (Phi) is 4.77. The van der Waals surface area contributed by atoms with Gasteiger partial charge in [0.15, 0.2) is 0 Å². The minimum Gasteiger partial charge on any atom is -0.497 e. The molecule has 0 radical (unpaired) electrons. The molecule has 0 bridgehead atoms. The summed E-state index contributed by atoms with van der Waals surface area (Å²) in [5.41, 5.74) is 0.942. The van der Waals surface area contributed by atoms with E-state index in [1.807, 2.05) is 12.1 Å². The van der Waals surface area contributed by atoms with Gasteiger partial charge in [0.05, 0.1) is 20.0 Å². The molecule has 0 spiro atoms. The van der Waals surface area contributed by atoms with Crippen molar-refractivity contribution in [3.05, 3.63) is 23.8 Å². The van der Waals surface area contributed by atoms with Gasteiger partial charge in [-0.05, 0) is 24.5 Å². The van der Waals surface area contributed by atoms with Crippen molar-refractivity contribution in [2.24, 2.45) is 5.14 Å². The van der Waals surface area contributed by atoms with Crippen molar-refractivity contribution in [3.63, 3.8) is 0 Å². The zero-order chi connectivity index (χ0) is 12.9. The number of hydrogen-bond acceptors (Lipinski definition) is 4. The summed E-state index contributed by atoms with van der Waals surface area (Å²) in [6, 6.07) is 5.45. The Morgan fingerprint density at radius 2 is 1.94 bits per heavy atom. The van der Waals surface area contributed by atoms with Crippen LogP contribution in [-0.4, -0.2) is 28.4 Å². The van der Waals surface area contributed by atoms with Crippen LogP contribution in [0.4, 0.5) is 0 Å². The van der Waals surface area contributed by atoms with Crippen molar-refractivity contribution in [2.75, 3.05) is 20.0 Å². The Labute approximate surface area is 102 Å². The van der Waals surface area contributed by atoms with Crippen LogP contribution in [-0.2, 0) is 16.4 Å². The number of nitrogens with two attached hydrogens (primary N) is 1. The molecular weight excluding hydrogens is 242 g/mol. The summed E-state index contributed by atoms with van der Waals surface area (Å²) >= 11 is 0. The monoisotopic (exact) mass is 259 g/mol. The summed E-state index contributed by atoms with van der Waals surface area (Å²) in [6.45, 7) is 0. The van der Waals surface area contributed by atoms with Gasteiger partial charge in [-0.2, -0.15) is 0 Å². The van der Waals surface area contributed by atoms with E-state index < -0.39 is 10.0 Å². The molecule has 0 atom stereocenters. The first kappa shape index (κ1) is 13.8. The molecule has 96 valence electrons. The molecule has 0 saturated carbocycles. The number of sulfonamides is 1. The molecule has 1 aromatic carbocycles. The van der Waals surface area contributed by atoms with Crippen LogP contribution in [0.3, 0.4) is 0 Å². The molecule has 17 heavy (non-hydrogen) atoms. The molecule has 2 N–H and O–H groups in total. The largest absolute Gasteiger partial charge is 0.497 e. The molecular formula is C11H17NO4S. The van der Waals surface area contributed by atoms with Crippen molar-refractivity contribution >= 4 is 10.0 Å². The SMILES string of the molecule is COc1ccc(CCCS(N)(=O)=O)c(OC)c1. The number of aryl methyl sites for hydroxylation is 1. The van der Waals surface area contributed by atoms with Gasteiger partial charge in [0.2, 0.25) is 10.0 Å². The summed E-state index contributed by atoms with van der Waals surface area (Å²) in [4.78, 5) is 0. The van der Waals surface area contributed by atoms with Crippen LogP contribution in [0.5, 0.6) is 11.5 Å². The lowest BCUT2D eigenvalue weighted by atomic mass is 10.1. The Bertz CT molecular complexity index is 470. The van der Waals surface area contributed by atoms with E-state index in [9.17, 15) is 8.42 Å². The van der Waals surface area contributed by atoms with Crippen LogP contribution in [0, 0.1) is 0 Å². The highest BCUT2D eigenvalue weighted by molar-refractivity contribution is 7.89. The van der Waals surface area contributed by atoms with Crippen LogP contribution in [0.15, 0.2) is 18.2 Å². The summed E-state index contributed by atoms with van der Waals surface area (Å²) in [7, 11) is -0.246. The third-order valence-corrected chi connectivity index (χ3v) is 3.23. The standard InChI is InChI=1S/C11H17NO4S/c1-15-10-6-5-9(11(8-10)16-2)4-3-7-17(12,13)14/h5-6,8H,3-4,7H2,1-2H3,(H2,12,13,14). The Morgan fingerprint density at radius 3 is 2.47 bits per heavy atom. The number of primary sulfonamides is 1. The molecule has 0 aliphatic heterocycles. The van der Waals surface area contributed by atoms with Crippen molar-refractivity contribution in [1.82, 2.24) is 0 Å². The number of rotatable bonds is 6. The fraction of sp³-hybridized carbons (Fsp3) is 0.455. The van der Waals surface area contributed by atoms with Crippen molar-refractivity contribution < 1.29 is 17.9 Å². The Hall–Kier alpha value is -1.27. The van der Waals surface area contributed by atoms with E-state index in [0.29, 0.717) is 24.3 Å². The molecule has 0 aliphatic carbocycles. The normalized spacial score (nSPS) is 11.2. The first-order valence-electron chi connectivity index (χ1n) is 5.17. The van der Waals surface area contributed by atoms with E-state index in [4.69, 9.17) is 14.6 Å². The maximum absolute atomic E-state index is 10.8. The van der Waals surface area contributed by atoms with Gasteiger partial charge in [-0.3, -0.25) is 0 Å². The lowest BCUT2D eigenvalue weighted by Gasteiger charge is -2.09. The smallest absolute Gasteiger partial charge is 0.209 e. The average molecular weight is 259 g/mol. The molecule has 0 aliphatic rings. The summed E-state index contributed by atoms with van der Waals surface area (Å²) in [5, 5.41) is 4.94. The predicted octanol–water partition coefficient (Wildman–Crippen LogP) is 0.925. The van der Waals surface area contributed by atoms with Gasteiger partial charge in [0, 0.05) is 6.07 Å². The van der Waals surface area contributed by atoms with E-state index in [1.165, 1.54) is 0 Å². The molecule has 0 fully saturated rings. The Balaban J connectivity index is 2.70. The van der Waals surface area contributed by atoms with Gasteiger partial charge >= 0.3 is 0 Å². The predicted molar refractivity (Wildman–Crippen MR) is 65.8 cm³/mol. The highest BCUT2D eigenvalue weighted by Crippen LogP contribution is 2.25. The molecule has 0 aromatic heterocycles. The molecule has 0 heterocycles. The number of methoxy groups -OCH3 is 2. The van der Waals surface area contributed by atoms with Gasteiger partial charge in [-0.1, -0.05) is 6.07 Å². The summed E-state index contributed by atoms with van der Waals surface area (Å²) in [5.74, 6) is 1.37. The van der Waals surface area contributed by atoms with Crippen molar-refractivity contribution in [3.8, 4) is 11.5 Å². The molecule has 6 heteroatoms. The first-order valence-corrected chi connectivity index (χ1v) is 6.89. The van der Waals surface area contributed by atoms with Crippen LogP contribution < -0.4 is 14.6 Å². The highest BCUT2D eigenvalue weighted by atomic mass is 32.2. The van der Waals surface area contributed by atoms with Crippen molar-refractivity contribution in [1.29, 1.82) is 0 Å². The minimum absolute atomic E-state index is 0.0256. The average Bonchev–Trinajstić information content (AvgIpc) is 2.27. The molecule has 5 nitrogen and oxygen atoms in total. The number of ether oxygens (including phenoxy) is 2. The second-order valence-corrected chi connectivity index (χ2v) is 5.38. The van der Waals surface area contributed by atoms with Crippen LogP contribution in [0.2, 0.25) is 0 Å². The van der Waals surface area contributed by atoms with Crippen LogP contribution in [0.1, 0.15) is 12.0 Å². The van der Waals surface area contributed by atoms with Gasteiger partial charge in [0.25, 0.3) is 0 Å². The van der Waals surface area contributed by atoms with Gasteiger partial charge in [-0.25, -0.2) is 13.6 Å². The second-order valence-electron chi connectivity index (χ2n) is 3.65. The number of hydrogen-bond donors (Lipinski definition) is 1. The zero-order valence-corrected chi connectivity index (χ0v) is 10.8. The second kappa shape index (κ2) is 5.88. The Morgan fingerprint density at radius 1 is 1.24 bits per heavy atom. The van der Waals surface area contributed by atoms with Crippen LogP contribution in [0.25, 0.3) is 0 Å². The third kappa shape index (κ3) is 4.62. The first-order chi connectivity index (χ1) is 7.96. The van der Waals surface area contributed by atoms with E-state index >= 15 is 0 Å². The van der Waals surface area contributed by atoms with E-state index in [-0.39, 0.29) is 5.75 Å². The maximum atomic E-state index is 10.8. The fourth-order valence-corrected chi connectivity index (χ4v) is 2.07. The molecule has 1 rings (SSSR count). The third-order valence-electron chi connectivity index (χ3n) is 2.37. The highest BCUT2D eigenvalue weighted by Gasteiger charge is 2.07. The molecule has 0 unspecified atom stereocenters. The molecule has 1 aromatic rings. The van der Waals surface area contributed by atoms with Gasteiger partial charge in [-0.15, -0.1) is 0 Å². The van der Waals surface area contributed by atoms with Gasteiger partial charge in [0.1, 0.15) is 11.5 Å². The maximum Gasteiger partial charge on any atom is 0.209 e. The molecule has 0 amide bonds. The minimum atomic E-state index is -3.39. The van der Waals surface area contributed by atoms with Crippen LogP contribution >= 0.6 is 0 Å². The van der Waals surface area contributed by atoms with E-state index in [0.717, 1.165) is 5.56 Å². The molecule has 0 saturated heterocycles. The lowest BCUT2D eigenvalue weighted by molar-refractivity contribution is 0.391. The van der Waals surface area contributed by atoms with E-state index in [1.54, 1.807) is 20.3 Å². The van der Waals surface area contributed by atoms with Crippen molar-refractivity contribution in [2.45, 2.75) is 12.8 Å². The summed E-state index contributed by atoms with van der Waals surface area (Å²) < 4.78 is 31.9.